The highest BCUT2D eigenvalue weighted by atomic mass is 35.5. The lowest BCUT2D eigenvalue weighted by Gasteiger charge is -2.11. The molecule has 0 aliphatic rings. The number of benzene rings is 2. The fourth-order valence-corrected chi connectivity index (χ4v) is 3.09. The van der Waals surface area contributed by atoms with Crippen molar-refractivity contribution in [2.75, 3.05) is 10.0 Å². The van der Waals surface area contributed by atoms with Gasteiger partial charge in [0.25, 0.3) is 10.0 Å². The Balaban J connectivity index is 2.17. The van der Waals surface area contributed by atoms with Crippen molar-refractivity contribution < 1.29 is 17.6 Å². The second kappa shape index (κ2) is 7.19. The van der Waals surface area contributed by atoms with Crippen LogP contribution >= 0.6 is 11.6 Å². The molecule has 0 aromatic heterocycles. The fourth-order valence-electron chi connectivity index (χ4n) is 1.81. The van der Waals surface area contributed by atoms with Crippen LogP contribution in [-0.4, -0.2) is 14.3 Å². The summed E-state index contributed by atoms with van der Waals surface area (Å²) in [5, 5.41) is 2.80. The number of amides is 1. The van der Waals surface area contributed by atoms with E-state index in [9.17, 15) is 17.6 Å². The van der Waals surface area contributed by atoms with Crippen LogP contribution in [0.3, 0.4) is 0 Å². The summed E-state index contributed by atoms with van der Waals surface area (Å²) in [5.41, 5.74) is 0.779. The topological polar surface area (TPSA) is 75.3 Å². The largest absolute Gasteiger partial charge is 0.326 e. The van der Waals surface area contributed by atoms with E-state index in [0.29, 0.717) is 5.69 Å². The van der Waals surface area contributed by atoms with E-state index in [1.54, 1.807) is 26.0 Å². The summed E-state index contributed by atoms with van der Waals surface area (Å²) in [5.74, 6) is -1.25. The molecule has 1 amide bonds. The van der Waals surface area contributed by atoms with Crippen molar-refractivity contribution in [2.24, 2.45) is 5.92 Å². The fraction of sp³-hybridized carbons (Fsp3) is 0.188. The van der Waals surface area contributed by atoms with Crippen molar-refractivity contribution in [3.05, 3.63) is 53.3 Å². The Morgan fingerprint density at radius 2 is 1.67 bits per heavy atom. The molecule has 0 atom stereocenters. The monoisotopic (exact) mass is 370 g/mol. The third-order valence-electron chi connectivity index (χ3n) is 3.11. The highest BCUT2D eigenvalue weighted by molar-refractivity contribution is 7.92. The Hall–Kier alpha value is -2.12. The second-order valence-corrected chi connectivity index (χ2v) is 7.49. The van der Waals surface area contributed by atoms with Crippen molar-refractivity contribution in [3.63, 3.8) is 0 Å². The molecular formula is C16H16ClFN2O3S. The van der Waals surface area contributed by atoms with E-state index >= 15 is 0 Å². The summed E-state index contributed by atoms with van der Waals surface area (Å²) in [4.78, 5) is 11.1. The Bertz CT molecular complexity index is 852. The number of hydrogen-bond donors (Lipinski definition) is 2. The Labute approximate surface area is 144 Å². The number of nitrogens with one attached hydrogen (secondary N) is 2. The lowest BCUT2D eigenvalue weighted by atomic mass is 10.2. The van der Waals surface area contributed by atoms with Gasteiger partial charge in [-0.2, -0.15) is 0 Å². The van der Waals surface area contributed by atoms with E-state index in [1.807, 2.05) is 0 Å². The zero-order valence-electron chi connectivity index (χ0n) is 13.0. The van der Waals surface area contributed by atoms with Crippen LogP contribution in [0, 0.1) is 11.7 Å². The van der Waals surface area contributed by atoms with Crippen LogP contribution in [0.1, 0.15) is 13.8 Å². The molecule has 8 heteroatoms. The maximum absolute atomic E-state index is 13.8. The van der Waals surface area contributed by atoms with Gasteiger partial charge in [0.05, 0.1) is 0 Å². The summed E-state index contributed by atoms with van der Waals surface area (Å²) in [6.45, 7) is 3.52. The van der Waals surface area contributed by atoms with Crippen LogP contribution in [0.5, 0.6) is 0 Å². The van der Waals surface area contributed by atoms with Crippen molar-refractivity contribution in [3.8, 4) is 0 Å². The number of anilines is 2. The van der Waals surface area contributed by atoms with Crippen LogP contribution in [0.2, 0.25) is 5.02 Å². The summed E-state index contributed by atoms with van der Waals surface area (Å²) < 4.78 is 40.5. The molecule has 2 aromatic carbocycles. The summed E-state index contributed by atoms with van der Waals surface area (Å²) in [7, 11) is -4.08. The van der Waals surface area contributed by atoms with Gasteiger partial charge in [-0.15, -0.1) is 0 Å². The van der Waals surface area contributed by atoms with E-state index in [4.69, 9.17) is 11.6 Å². The first kappa shape index (κ1) is 18.2. The average Bonchev–Trinajstić information content (AvgIpc) is 2.48. The molecule has 0 unspecified atom stereocenters. The van der Waals surface area contributed by atoms with Crippen LogP contribution in [0.25, 0.3) is 0 Å². The average molecular weight is 371 g/mol. The molecule has 2 rings (SSSR count). The number of carbonyl (C=O) groups is 1. The van der Waals surface area contributed by atoms with Gasteiger partial charge in [-0.3, -0.25) is 9.52 Å². The van der Waals surface area contributed by atoms with Crippen molar-refractivity contribution >= 4 is 38.9 Å². The molecule has 0 fully saturated rings. The highest BCUT2D eigenvalue weighted by Crippen LogP contribution is 2.22. The molecule has 0 saturated heterocycles. The van der Waals surface area contributed by atoms with Crippen LogP contribution < -0.4 is 10.0 Å². The summed E-state index contributed by atoms with van der Waals surface area (Å²) in [6, 6.07) is 9.37. The Morgan fingerprint density at radius 1 is 1.08 bits per heavy atom. The first-order valence-electron chi connectivity index (χ1n) is 7.08. The molecule has 2 aromatic rings. The SMILES string of the molecule is CC(C)C(=O)Nc1ccc(NS(=O)(=O)c2ccc(Cl)cc2F)cc1. The molecule has 0 bridgehead atoms. The van der Waals surface area contributed by atoms with Crippen LogP contribution in [0.15, 0.2) is 47.4 Å². The Morgan fingerprint density at radius 3 is 2.21 bits per heavy atom. The number of sulfonamides is 1. The van der Waals surface area contributed by atoms with Crippen molar-refractivity contribution in [2.45, 2.75) is 18.7 Å². The van der Waals surface area contributed by atoms with Crippen molar-refractivity contribution in [1.29, 1.82) is 0 Å². The minimum atomic E-state index is -4.08. The smallest absolute Gasteiger partial charge is 0.264 e. The van der Waals surface area contributed by atoms with Gasteiger partial charge in [0.2, 0.25) is 5.91 Å². The lowest BCUT2D eigenvalue weighted by molar-refractivity contribution is -0.118. The molecule has 0 heterocycles. The third-order valence-corrected chi connectivity index (χ3v) is 4.76. The summed E-state index contributed by atoms with van der Waals surface area (Å²) in [6.07, 6.45) is 0. The van der Waals surface area contributed by atoms with Gasteiger partial charge < -0.3 is 5.32 Å². The maximum Gasteiger partial charge on any atom is 0.264 e. The molecule has 5 nitrogen and oxygen atoms in total. The van der Waals surface area contributed by atoms with Crippen molar-refractivity contribution in [1.82, 2.24) is 0 Å². The van der Waals surface area contributed by atoms with Gasteiger partial charge in [-0.1, -0.05) is 25.4 Å². The molecule has 128 valence electrons. The zero-order valence-corrected chi connectivity index (χ0v) is 14.6. The van der Waals surface area contributed by atoms with Crippen LogP contribution in [-0.2, 0) is 14.8 Å². The molecule has 24 heavy (non-hydrogen) atoms. The number of rotatable bonds is 5. The number of halogens is 2. The van der Waals surface area contributed by atoms with E-state index in [1.165, 1.54) is 18.2 Å². The predicted octanol–water partition coefficient (Wildman–Crippen LogP) is 3.87. The van der Waals surface area contributed by atoms with E-state index < -0.39 is 20.7 Å². The second-order valence-electron chi connectivity index (χ2n) is 5.40. The van der Waals surface area contributed by atoms with E-state index in [0.717, 1.165) is 12.1 Å². The third kappa shape index (κ3) is 4.46. The first-order chi connectivity index (χ1) is 11.2. The number of carbonyl (C=O) groups excluding carboxylic acids is 1. The molecule has 0 saturated carbocycles. The number of hydrogen-bond acceptors (Lipinski definition) is 3. The van der Waals surface area contributed by atoms with Gasteiger partial charge in [-0.25, -0.2) is 12.8 Å². The minimum absolute atomic E-state index is 0.108. The van der Waals surface area contributed by atoms with Gasteiger partial charge >= 0.3 is 0 Å². The Kier molecular flexibility index (Phi) is 5.46. The zero-order chi connectivity index (χ0) is 17.9. The minimum Gasteiger partial charge on any atom is -0.326 e. The molecule has 2 N–H and O–H groups in total. The summed E-state index contributed by atoms with van der Waals surface area (Å²) >= 11 is 5.62. The molecule has 0 aliphatic heterocycles. The predicted molar refractivity (Wildman–Crippen MR) is 92.1 cm³/mol. The van der Waals surface area contributed by atoms with Gasteiger partial charge in [0.15, 0.2) is 0 Å². The van der Waals surface area contributed by atoms with Crippen LogP contribution in [0.4, 0.5) is 15.8 Å². The van der Waals surface area contributed by atoms with Gasteiger partial charge in [-0.05, 0) is 42.5 Å². The quantitative estimate of drug-likeness (QED) is 0.838. The standard InChI is InChI=1S/C16H16ClFN2O3S/c1-10(2)16(21)19-12-4-6-13(7-5-12)20-24(22,23)15-8-3-11(17)9-14(15)18/h3-10,20H,1-2H3,(H,19,21). The van der Waals surface area contributed by atoms with E-state index in [2.05, 4.69) is 10.0 Å². The molecule has 0 radical (unpaired) electrons. The molecule has 0 spiro atoms. The first-order valence-corrected chi connectivity index (χ1v) is 8.94. The maximum atomic E-state index is 13.8. The van der Waals surface area contributed by atoms with Gasteiger partial charge in [0.1, 0.15) is 10.7 Å². The van der Waals surface area contributed by atoms with Gasteiger partial charge in [0, 0.05) is 22.3 Å². The molecule has 0 aliphatic carbocycles. The lowest BCUT2D eigenvalue weighted by Crippen LogP contribution is -2.18. The normalized spacial score (nSPS) is 11.4. The van der Waals surface area contributed by atoms with E-state index in [-0.39, 0.29) is 22.5 Å². The highest BCUT2D eigenvalue weighted by Gasteiger charge is 2.19. The molecular weight excluding hydrogens is 355 g/mol.